The van der Waals surface area contributed by atoms with Crippen LogP contribution in [0.5, 0.6) is 0 Å². The molecule has 2 aliphatic rings. The molecule has 3 unspecified atom stereocenters. The highest BCUT2D eigenvalue weighted by Gasteiger charge is 2.49. The molecule has 0 bridgehead atoms. The summed E-state index contributed by atoms with van der Waals surface area (Å²) in [5, 5.41) is 13.8. The van der Waals surface area contributed by atoms with Crippen molar-refractivity contribution in [2.75, 3.05) is 26.2 Å². The lowest BCUT2D eigenvalue weighted by Crippen LogP contribution is -2.62. The highest BCUT2D eigenvalue weighted by Crippen LogP contribution is 2.41. The molecule has 0 aromatic rings. The maximum absolute atomic E-state index is 14.7. The lowest BCUT2D eigenvalue weighted by atomic mass is 9.70. The first kappa shape index (κ1) is 41.5. The molecule has 0 aromatic heterocycles. The Morgan fingerprint density at radius 2 is 1.63 bits per heavy atom. The first-order chi connectivity index (χ1) is 23.0. The molecule has 0 radical (unpaired) electrons. The van der Waals surface area contributed by atoms with E-state index in [0.29, 0.717) is 25.9 Å². The second-order valence-electron chi connectivity index (χ2n) is 15.3. The van der Waals surface area contributed by atoms with Gasteiger partial charge in [0, 0.05) is 19.6 Å². The highest BCUT2D eigenvalue weighted by atomic mass is 16.5. The fraction of sp³-hybridized carbons (Fsp3) is 0.778. The van der Waals surface area contributed by atoms with Crippen molar-refractivity contribution in [1.29, 1.82) is 0 Å². The van der Waals surface area contributed by atoms with E-state index >= 15 is 0 Å². The van der Waals surface area contributed by atoms with E-state index in [4.69, 9.17) is 4.74 Å². The number of alkyl carbamates (subject to hydrolysis) is 1. The van der Waals surface area contributed by atoms with E-state index in [-0.39, 0.29) is 37.3 Å². The molecule has 1 saturated heterocycles. The number of rotatable bonds is 16. The van der Waals surface area contributed by atoms with Gasteiger partial charge in [0.05, 0.1) is 12.1 Å². The highest BCUT2D eigenvalue weighted by molar-refractivity contribution is 6.38. The predicted octanol–water partition coefficient (Wildman–Crippen LogP) is 3.81. The largest absolute Gasteiger partial charge is 0.447 e. The van der Waals surface area contributed by atoms with Crippen LogP contribution in [0.1, 0.15) is 107 Å². The van der Waals surface area contributed by atoms with Crippen molar-refractivity contribution >= 4 is 35.6 Å². The van der Waals surface area contributed by atoms with Gasteiger partial charge < -0.3 is 36.2 Å². The second-order valence-corrected chi connectivity index (χ2v) is 15.3. The van der Waals surface area contributed by atoms with Crippen molar-refractivity contribution in [1.82, 2.24) is 31.5 Å². The van der Waals surface area contributed by atoms with Crippen LogP contribution in [0.4, 0.5) is 9.59 Å². The molecular formula is C36H62N6O7. The van der Waals surface area contributed by atoms with Crippen molar-refractivity contribution in [3.05, 3.63) is 12.7 Å². The Labute approximate surface area is 292 Å². The number of hydrogen-bond acceptors (Lipinski definition) is 7. The first-order valence-electron chi connectivity index (χ1n) is 18.0. The van der Waals surface area contributed by atoms with Crippen LogP contribution in [0.3, 0.4) is 0 Å². The maximum Gasteiger partial charge on any atom is 0.407 e. The van der Waals surface area contributed by atoms with Gasteiger partial charge in [-0.1, -0.05) is 80.2 Å². The van der Waals surface area contributed by atoms with Gasteiger partial charge in [0.2, 0.25) is 17.6 Å². The minimum Gasteiger partial charge on any atom is -0.447 e. The lowest BCUT2D eigenvalue weighted by molar-refractivity contribution is -0.144. The van der Waals surface area contributed by atoms with Gasteiger partial charge in [-0.2, -0.15) is 0 Å². The van der Waals surface area contributed by atoms with Crippen LogP contribution in [0.2, 0.25) is 0 Å². The number of likely N-dealkylation sites (tertiary alicyclic amines) is 1. The number of Topliss-reactive ketones (excluding diaryl/α,β-unsaturated/α-hetero) is 1. The predicted molar refractivity (Wildman–Crippen MR) is 188 cm³/mol. The molecule has 0 aromatic carbocycles. The molecule has 13 nitrogen and oxygen atoms in total. The molecule has 2 fully saturated rings. The van der Waals surface area contributed by atoms with Crippen molar-refractivity contribution in [2.45, 2.75) is 131 Å². The summed E-state index contributed by atoms with van der Waals surface area (Å²) >= 11 is 0. The summed E-state index contributed by atoms with van der Waals surface area (Å²) in [7, 11) is 0. The van der Waals surface area contributed by atoms with Crippen molar-refractivity contribution in [3.8, 4) is 0 Å². The van der Waals surface area contributed by atoms with Crippen LogP contribution in [0, 0.1) is 22.7 Å². The molecule has 2 rings (SSSR count). The summed E-state index contributed by atoms with van der Waals surface area (Å²) in [6.07, 6.45) is 6.37. The number of nitrogens with zero attached hydrogens (tertiary/aromatic N) is 1. The third-order valence-corrected chi connectivity index (χ3v) is 9.97. The van der Waals surface area contributed by atoms with Gasteiger partial charge in [0.15, 0.2) is 0 Å². The molecule has 1 aliphatic heterocycles. The number of amides is 6. The average Bonchev–Trinajstić information content (AvgIpc) is 3.50. The minimum atomic E-state index is -1.04. The Bertz CT molecular complexity index is 1180. The lowest BCUT2D eigenvalue weighted by Gasteiger charge is -2.42. The van der Waals surface area contributed by atoms with Gasteiger partial charge in [-0.3, -0.25) is 19.2 Å². The molecule has 1 heterocycles. The van der Waals surface area contributed by atoms with Crippen LogP contribution in [0.25, 0.3) is 0 Å². The number of ether oxygens (including phenoxy) is 1. The quantitative estimate of drug-likeness (QED) is 0.121. The van der Waals surface area contributed by atoms with Crippen LogP contribution in [-0.2, 0) is 23.9 Å². The van der Waals surface area contributed by atoms with Crippen LogP contribution in [-0.4, -0.2) is 90.9 Å². The maximum atomic E-state index is 14.7. The van der Waals surface area contributed by atoms with E-state index in [0.717, 1.165) is 32.1 Å². The molecule has 0 spiro atoms. The van der Waals surface area contributed by atoms with E-state index in [9.17, 15) is 28.8 Å². The average molecular weight is 691 g/mol. The summed E-state index contributed by atoms with van der Waals surface area (Å²) in [6, 6.07) is -3.97. The first-order valence-corrected chi connectivity index (χ1v) is 18.0. The fourth-order valence-corrected chi connectivity index (χ4v) is 6.62. The van der Waals surface area contributed by atoms with Gasteiger partial charge >= 0.3 is 12.1 Å². The summed E-state index contributed by atoms with van der Waals surface area (Å²) in [6.45, 7) is 19.8. The van der Waals surface area contributed by atoms with E-state index < -0.39 is 64.7 Å². The number of hydrogen-bond donors (Lipinski definition) is 5. The van der Waals surface area contributed by atoms with Gasteiger partial charge in [0.25, 0.3) is 5.91 Å². The Kier molecular flexibility index (Phi) is 16.1. The van der Waals surface area contributed by atoms with Crippen molar-refractivity contribution in [2.24, 2.45) is 22.7 Å². The monoisotopic (exact) mass is 690 g/mol. The minimum absolute atomic E-state index is 0.0150. The second kappa shape index (κ2) is 18.9. The summed E-state index contributed by atoms with van der Waals surface area (Å²) in [4.78, 5) is 81.4. The standard InChI is InChI=1S/C36H62N6O7/c1-10-16-25(28(43)31(45)38-19-11-2)39-30(44)26-20-24(23(4)5)21-42(26)32(46)29(36(9)17-14-13-15-18-36)41-33(47)40-27(35(6,7)8)22-49-34(48)37-12-3/h11,23-27,29H,2,10,12-22H2,1,3-9H3,(H,37,48)(H,38,45)(H,39,44)(H2,40,41,47)/t24-,25?,26?,27?,29-/m1/s1. The van der Waals surface area contributed by atoms with E-state index in [1.54, 1.807) is 11.8 Å². The number of nitrogens with one attached hydrogen (secondary N) is 5. The zero-order valence-electron chi connectivity index (χ0n) is 31.0. The Morgan fingerprint density at radius 1 is 0.980 bits per heavy atom. The molecule has 49 heavy (non-hydrogen) atoms. The van der Waals surface area contributed by atoms with Crippen LogP contribution < -0.4 is 26.6 Å². The van der Waals surface area contributed by atoms with Crippen molar-refractivity contribution < 1.29 is 33.5 Å². The number of carbonyl (C=O) groups is 6. The van der Waals surface area contributed by atoms with Crippen molar-refractivity contribution in [3.63, 3.8) is 0 Å². The molecule has 278 valence electrons. The number of urea groups is 1. The molecule has 1 aliphatic carbocycles. The molecule has 13 heteroatoms. The normalized spacial score (nSPS) is 20.7. The smallest absolute Gasteiger partial charge is 0.407 e. The fourth-order valence-electron chi connectivity index (χ4n) is 6.62. The third-order valence-electron chi connectivity index (χ3n) is 9.97. The van der Waals surface area contributed by atoms with Gasteiger partial charge in [-0.05, 0) is 55.3 Å². The van der Waals surface area contributed by atoms with Gasteiger partial charge in [-0.25, -0.2) is 9.59 Å². The Balaban J connectivity index is 2.39. The molecular weight excluding hydrogens is 628 g/mol. The zero-order valence-corrected chi connectivity index (χ0v) is 31.0. The van der Waals surface area contributed by atoms with Crippen LogP contribution >= 0.6 is 0 Å². The SMILES string of the molecule is C=CCNC(=O)C(=O)C(CCC)NC(=O)C1C[C@@H](C(C)C)CN1C(=O)[C@@H](NC(=O)NC(COC(=O)NCC)C(C)(C)C)C1(C)CCCCC1. The molecule has 5 N–H and O–H groups in total. The topological polar surface area (TPSA) is 175 Å². The Hall–Kier alpha value is -3.64. The van der Waals surface area contributed by atoms with E-state index in [1.165, 1.54) is 6.08 Å². The van der Waals surface area contributed by atoms with E-state index in [2.05, 4.69) is 33.2 Å². The third kappa shape index (κ3) is 12.0. The number of carbonyl (C=O) groups excluding carboxylic acids is 6. The van der Waals surface area contributed by atoms with E-state index in [1.807, 2.05) is 48.5 Å². The molecule has 6 amide bonds. The molecule has 1 saturated carbocycles. The van der Waals surface area contributed by atoms with Gasteiger partial charge in [0.1, 0.15) is 18.7 Å². The van der Waals surface area contributed by atoms with Crippen LogP contribution in [0.15, 0.2) is 12.7 Å². The summed E-state index contributed by atoms with van der Waals surface area (Å²) < 4.78 is 5.35. The Morgan fingerprint density at radius 3 is 2.18 bits per heavy atom. The molecule has 5 atom stereocenters. The zero-order chi connectivity index (χ0) is 36.9. The number of ketones is 1. The summed E-state index contributed by atoms with van der Waals surface area (Å²) in [5.41, 5.74) is -1.04. The van der Waals surface area contributed by atoms with Gasteiger partial charge in [-0.15, -0.1) is 6.58 Å². The summed E-state index contributed by atoms with van der Waals surface area (Å²) in [5.74, 6) is -2.21.